The van der Waals surface area contributed by atoms with Crippen LogP contribution in [0.4, 0.5) is 21.8 Å². The van der Waals surface area contributed by atoms with Crippen LogP contribution in [0.2, 0.25) is 0 Å². The molecule has 6 N–H and O–H groups in total. The average Bonchev–Trinajstić information content (AvgIpc) is 1.67. The van der Waals surface area contributed by atoms with Gasteiger partial charge in [0.1, 0.15) is 93.7 Å². The molecule has 9 heterocycles. The first-order valence-corrected chi connectivity index (χ1v) is 42.2. The Kier molecular flexibility index (Phi) is 24.1. The van der Waals surface area contributed by atoms with Gasteiger partial charge < -0.3 is 60.2 Å². The van der Waals surface area contributed by atoms with Crippen molar-refractivity contribution < 1.29 is 42.5 Å². The highest BCUT2D eigenvalue weighted by Gasteiger charge is 2.40. The number of hydrogen-bond acceptors (Lipinski definition) is 20. The van der Waals surface area contributed by atoms with Gasteiger partial charge in [-0.2, -0.15) is 0 Å². The van der Waals surface area contributed by atoms with Crippen LogP contribution in [0.15, 0.2) is 213 Å². The van der Waals surface area contributed by atoms with Crippen LogP contribution in [0.1, 0.15) is 100 Å². The first kappa shape index (κ1) is 81.4. The van der Waals surface area contributed by atoms with Gasteiger partial charge in [0.25, 0.3) is 0 Å². The molecule has 628 valence electrons. The number of likely N-dealkylation sites (N-methyl/N-ethyl adjacent to an activating group) is 3. The minimum absolute atomic E-state index is 0.00678. The van der Waals surface area contributed by atoms with Gasteiger partial charge in [-0.25, -0.2) is 34.3 Å². The Morgan fingerprint density at radius 3 is 1.08 bits per heavy atom. The number of para-hydroxylation sites is 2. The topological polar surface area (TPSA) is 287 Å². The van der Waals surface area contributed by atoms with Gasteiger partial charge in [0.05, 0.1) is 59.6 Å². The van der Waals surface area contributed by atoms with E-state index in [1.165, 1.54) is 69.0 Å². The number of halogens is 1. The molecule has 6 aromatic carbocycles. The summed E-state index contributed by atoms with van der Waals surface area (Å²) in [5.74, 6) is 6.74. The lowest BCUT2D eigenvalue weighted by atomic mass is 10.0. The van der Waals surface area contributed by atoms with Gasteiger partial charge >= 0.3 is 0 Å². The van der Waals surface area contributed by atoms with Crippen LogP contribution in [0.25, 0.3) is 66.5 Å². The standard InChI is InChI=1S/C33H36N6O2.C31H33FN6O3.C31H34N6O3/c1-37(24-13-14-24)18-5-8-28(40)38-19-17-25(20-38)39-31(23-9-10-23)29(30-32(34)35-21-36-33(30)39)22-11-15-27(16-12-22)41-26-6-3-2-4-7-26;1-36(22-10-11-22)15-4-7-26(39)37-16-14-23(18-37)38-30-28(29(33)34-19-35-30)27(31(38)40-2)20-8-12-24(13-9-20)41-25-6-3-5-21(32)17-25;1-35(22-12-13-22)17-6-9-26(38)36-18-16-23(19-36)37-30-28(29(32)33-20-34-30)27(31(37)39-2)21-10-14-25(15-11-21)40-24-7-4-3-5-8-24/h2-8,11-12,15-16,21,23-25H,9-10,13-14,17-20H2,1H3,(H2,34,35,36);3-9,12-13,17,19,22-23H,10-11,14-16,18H2,1-2H3,(H2,33,34,35);3-11,14-15,20,22-23H,12-13,16-19H2,1-2H3,(H2,32,33,34)/b8-5+;7-4+;9-6+/t25-;2*23-/m111/s1. The monoisotopic (exact) mass is 1640 g/mol. The number of ether oxygens (including phenoxy) is 5. The highest BCUT2D eigenvalue weighted by molar-refractivity contribution is 6.06. The number of nitrogen functional groups attached to an aromatic ring is 3. The molecule has 4 saturated carbocycles. The molecule has 0 unspecified atom stereocenters. The molecule has 3 saturated heterocycles. The highest BCUT2D eigenvalue weighted by atomic mass is 19.1. The molecule has 4 aliphatic carbocycles. The number of hydrogen-bond donors (Lipinski definition) is 3. The van der Waals surface area contributed by atoms with Crippen molar-refractivity contribution in [3.8, 4) is 79.6 Å². The molecule has 0 radical (unpaired) electrons. The molecule has 6 aromatic heterocycles. The number of rotatable bonds is 27. The Balaban J connectivity index is 0.000000130. The van der Waals surface area contributed by atoms with Crippen LogP contribution in [0, 0.1) is 5.82 Å². The molecule has 3 atom stereocenters. The second-order valence-corrected chi connectivity index (χ2v) is 32.6. The summed E-state index contributed by atoms with van der Waals surface area (Å²) in [6.07, 6.45) is 27.8. The van der Waals surface area contributed by atoms with E-state index in [-0.39, 0.29) is 41.7 Å². The van der Waals surface area contributed by atoms with E-state index in [0.29, 0.717) is 114 Å². The van der Waals surface area contributed by atoms with Crippen molar-refractivity contribution in [3.63, 3.8) is 0 Å². The minimum Gasteiger partial charge on any atom is -0.482 e. The molecule has 0 spiro atoms. The molecule has 3 aliphatic heterocycles. The van der Waals surface area contributed by atoms with Gasteiger partial charge in [-0.05, 0) is 187 Å². The number of benzene rings is 6. The maximum absolute atomic E-state index is 13.6. The number of carbonyl (C=O) groups is 3. The van der Waals surface area contributed by atoms with E-state index in [2.05, 4.69) is 82.0 Å². The van der Waals surface area contributed by atoms with E-state index in [9.17, 15) is 18.8 Å². The summed E-state index contributed by atoms with van der Waals surface area (Å²) < 4.78 is 49.9. The lowest BCUT2D eigenvalue weighted by Gasteiger charge is -2.19. The van der Waals surface area contributed by atoms with Crippen LogP contribution >= 0.6 is 0 Å². The molecule has 3 amide bonds. The van der Waals surface area contributed by atoms with Gasteiger partial charge in [0.2, 0.25) is 29.5 Å². The maximum Gasteiger partial charge on any atom is 0.246 e. The van der Waals surface area contributed by atoms with Crippen LogP contribution in [-0.2, 0) is 14.4 Å². The van der Waals surface area contributed by atoms with Crippen molar-refractivity contribution in [3.05, 3.63) is 225 Å². The number of nitrogens with zero attached hydrogens (tertiary/aromatic N) is 15. The Labute approximate surface area is 708 Å². The first-order valence-electron chi connectivity index (χ1n) is 42.2. The smallest absolute Gasteiger partial charge is 0.246 e. The normalized spacial score (nSPS) is 17.8. The van der Waals surface area contributed by atoms with E-state index < -0.39 is 0 Å². The van der Waals surface area contributed by atoms with Gasteiger partial charge in [-0.1, -0.05) is 97.1 Å². The number of aromatic nitrogens is 9. The van der Waals surface area contributed by atoms with Crippen LogP contribution < -0.4 is 40.9 Å². The largest absolute Gasteiger partial charge is 0.482 e. The van der Waals surface area contributed by atoms with Gasteiger partial charge in [-0.15, -0.1) is 0 Å². The molecule has 7 fully saturated rings. The fourth-order valence-corrected chi connectivity index (χ4v) is 17.2. The van der Waals surface area contributed by atoms with Crippen molar-refractivity contribution in [1.29, 1.82) is 0 Å². The lowest BCUT2D eigenvalue weighted by molar-refractivity contribution is -0.125. The zero-order chi connectivity index (χ0) is 84.1. The molecule has 0 bridgehead atoms. The predicted molar refractivity (Wildman–Crippen MR) is 472 cm³/mol. The van der Waals surface area contributed by atoms with E-state index in [1.54, 1.807) is 50.9 Å². The van der Waals surface area contributed by atoms with Crippen molar-refractivity contribution in [1.82, 2.24) is 73.0 Å². The van der Waals surface area contributed by atoms with Crippen molar-refractivity contribution >= 4 is 68.3 Å². The minimum atomic E-state index is -0.364. The molecular weight excluding hydrogens is 1540 g/mol. The number of fused-ring (bicyclic) bond motifs is 3. The fraction of sp³-hybridized carbons (Fsp3) is 0.337. The third-order valence-corrected chi connectivity index (χ3v) is 24.1. The lowest BCUT2D eigenvalue weighted by Crippen LogP contribution is -2.28. The third-order valence-electron chi connectivity index (χ3n) is 24.1. The summed E-state index contributed by atoms with van der Waals surface area (Å²) >= 11 is 0. The van der Waals surface area contributed by atoms with Crippen LogP contribution in [0.3, 0.4) is 0 Å². The quantitative estimate of drug-likeness (QED) is 0.0403. The molecule has 27 heteroatoms. The Morgan fingerprint density at radius 1 is 0.402 bits per heavy atom. The van der Waals surface area contributed by atoms with E-state index in [0.717, 1.165) is 131 Å². The van der Waals surface area contributed by atoms with Crippen molar-refractivity contribution in [2.45, 2.75) is 113 Å². The zero-order valence-electron chi connectivity index (χ0n) is 69.5. The Hall–Kier alpha value is -13.0. The van der Waals surface area contributed by atoms with Gasteiger partial charge in [0, 0.05) is 113 Å². The summed E-state index contributed by atoms with van der Waals surface area (Å²) in [4.78, 5) is 78.5. The number of nitrogens with two attached hydrogens (primary N) is 3. The van der Waals surface area contributed by atoms with E-state index in [1.807, 2.05) is 159 Å². The van der Waals surface area contributed by atoms with Gasteiger partial charge in [-0.3, -0.25) is 38.2 Å². The number of amides is 3. The Morgan fingerprint density at radius 2 is 0.730 bits per heavy atom. The molecule has 19 rings (SSSR count). The molecule has 12 aromatic rings. The van der Waals surface area contributed by atoms with Crippen LogP contribution in [0.5, 0.6) is 46.3 Å². The highest BCUT2D eigenvalue weighted by Crippen LogP contribution is 2.52. The number of anilines is 3. The van der Waals surface area contributed by atoms with E-state index >= 15 is 0 Å². The second kappa shape index (κ2) is 36.1. The number of carbonyl (C=O) groups excluding carboxylic acids is 3. The van der Waals surface area contributed by atoms with Gasteiger partial charge in [0.15, 0.2) is 0 Å². The molecule has 122 heavy (non-hydrogen) atoms. The van der Waals surface area contributed by atoms with Crippen LogP contribution in [-0.4, -0.2) is 203 Å². The SMILES string of the molecule is CN(C/C=C/C(=O)N1CC[C@@H](n2c(C3CC3)c(-c3ccc(Oc4ccccc4)cc3)c3c(N)ncnc32)C1)C1CC1.COc1c(-c2ccc(Oc3cccc(F)c3)cc2)c2c(N)ncnc2n1[C@@H]1CCN(C(=O)/C=C/CN(C)C2CC2)C1.COc1c(-c2ccc(Oc3ccccc3)cc2)c2c(N)ncnc2n1[C@@H]1CCN(C(=O)/C=C/CN(C)C2CC2)C1. The summed E-state index contributed by atoms with van der Waals surface area (Å²) in [7, 11) is 9.61. The summed E-state index contributed by atoms with van der Waals surface area (Å²) in [6.45, 7) is 6.17. The molecular formula is C95H103FN18O8. The third kappa shape index (κ3) is 18.1. The number of likely N-dealkylation sites (tertiary alicyclic amines) is 3. The van der Waals surface area contributed by atoms with Crippen molar-refractivity contribution in [2.24, 2.45) is 0 Å². The molecule has 7 aliphatic rings. The second-order valence-electron chi connectivity index (χ2n) is 32.6. The Bertz CT molecular complexity index is 5850. The zero-order valence-corrected chi connectivity index (χ0v) is 69.5. The predicted octanol–water partition coefficient (Wildman–Crippen LogP) is 15.7. The fourth-order valence-electron chi connectivity index (χ4n) is 17.2. The number of methoxy groups -OCH3 is 2. The van der Waals surface area contributed by atoms with E-state index in [4.69, 9.17) is 45.9 Å². The summed E-state index contributed by atoms with van der Waals surface area (Å²) in [5, 5.41) is 2.33. The van der Waals surface area contributed by atoms with Crippen molar-refractivity contribution in [2.75, 3.05) is 111 Å². The molecule has 26 nitrogen and oxygen atoms in total. The average molecular weight is 1640 g/mol. The summed E-state index contributed by atoms with van der Waals surface area (Å²) in [5.41, 5.74) is 28.4. The first-order chi connectivity index (χ1) is 59.5. The summed E-state index contributed by atoms with van der Waals surface area (Å²) in [6, 6.07) is 51.0. The maximum atomic E-state index is 13.6.